The predicted molar refractivity (Wildman–Crippen MR) is 108 cm³/mol. The van der Waals surface area contributed by atoms with Gasteiger partial charge in [0.05, 0.1) is 5.69 Å². The van der Waals surface area contributed by atoms with Crippen molar-refractivity contribution < 1.29 is 4.79 Å². The molecular formula is C20H32N6O. The Labute approximate surface area is 162 Å². The summed E-state index contributed by atoms with van der Waals surface area (Å²) in [6, 6.07) is 5.89. The summed E-state index contributed by atoms with van der Waals surface area (Å²) in [7, 11) is 4.03. The van der Waals surface area contributed by atoms with Crippen molar-refractivity contribution in [2.75, 3.05) is 33.7 Å². The molecule has 0 unspecified atom stereocenters. The maximum Gasteiger partial charge on any atom is 0.317 e. The second-order valence-corrected chi connectivity index (χ2v) is 7.67. The summed E-state index contributed by atoms with van der Waals surface area (Å²) in [6.45, 7) is 11.0. The first kappa shape index (κ1) is 20.9. The van der Waals surface area contributed by atoms with Crippen LogP contribution in [0, 0.1) is 19.8 Å². The van der Waals surface area contributed by atoms with E-state index in [1.165, 1.54) is 0 Å². The van der Waals surface area contributed by atoms with Crippen molar-refractivity contribution >= 4 is 6.03 Å². The number of aryl methyl sites for hydroxylation is 2. The van der Waals surface area contributed by atoms with Gasteiger partial charge in [0.2, 0.25) is 0 Å². The van der Waals surface area contributed by atoms with Gasteiger partial charge < -0.3 is 15.1 Å². The molecule has 2 aromatic rings. The molecule has 0 aliphatic heterocycles. The first-order valence-electron chi connectivity index (χ1n) is 9.42. The van der Waals surface area contributed by atoms with Gasteiger partial charge in [-0.05, 0) is 51.6 Å². The molecule has 7 nitrogen and oxygen atoms in total. The zero-order valence-corrected chi connectivity index (χ0v) is 17.4. The quantitative estimate of drug-likeness (QED) is 0.773. The minimum Gasteiger partial charge on any atom is -0.334 e. The van der Waals surface area contributed by atoms with E-state index in [1.807, 2.05) is 55.7 Å². The fraction of sp³-hybridized carbons (Fsp3) is 0.550. The van der Waals surface area contributed by atoms with Gasteiger partial charge in [0.15, 0.2) is 5.82 Å². The van der Waals surface area contributed by atoms with Gasteiger partial charge in [0.1, 0.15) is 0 Å². The Morgan fingerprint density at radius 1 is 1.22 bits per heavy atom. The molecule has 0 atom stereocenters. The molecule has 148 valence electrons. The second kappa shape index (κ2) is 9.50. The summed E-state index contributed by atoms with van der Waals surface area (Å²) in [4.78, 5) is 21.0. The van der Waals surface area contributed by atoms with Crippen LogP contribution >= 0.6 is 0 Å². The molecule has 0 saturated heterocycles. The Morgan fingerprint density at radius 3 is 2.48 bits per heavy atom. The number of rotatable bonds is 8. The first-order chi connectivity index (χ1) is 12.8. The van der Waals surface area contributed by atoms with Crippen LogP contribution in [0.1, 0.15) is 30.8 Å². The van der Waals surface area contributed by atoms with Gasteiger partial charge in [-0.3, -0.25) is 0 Å². The molecule has 2 rings (SSSR count). The van der Waals surface area contributed by atoms with Crippen LogP contribution in [-0.4, -0.2) is 64.3 Å². The molecular weight excluding hydrogens is 340 g/mol. The van der Waals surface area contributed by atoms with Crippen LogP contribution in [0.3, 0.4) is 0 Å². The fourth-order valence-electron chi connectivity index (χ4n) is 2.83. The van der Waals surface area contributed by atoms with Gasteiger partial charge in [0.25, 0.3) is 0 Å². The van der Waals surface area contributed by atoms with E-state index < -0.39 is 0 Å². The van der Waals surface area contributed by atoms with Gasteiger partial charge in [-0.15, -0.1) is 0 Å². The minimum absolute atomic E-state index is 0.0341. The van der Waals surface area contributed by atoms with Crippen LogP contribution in [0.2, 0.25) is 0 Å². The molecule has 0 spiro atoms. The predicted octanol–water partition coefficient (Wildman–Crippen LogP) is 2.61. The highest BCUT2D eigenvalue weighted by Crippen LogP contribution is 2.10. The summed E-state index contributed by atoms with van der Waals surface area (Å²) in [5.41, 5.74) is 2.98. The van der Waals surface area contributed by atoms with Crippen molar-refractivity contribution in [3.8, 4) is 5.82 Å². The third-order valence-electron chi connectivity index (χ3n) is 4.17. The SMILES string of the molecule is Cc1cc(C)n(-c2ccc(CNC(=O)N(CCN(C)C)CC(C)C)cn2)n1. The highest BCUT2D eigenvalue weighted by molar-refractivity contribution is 5.74. The third-order valence-corrected chi connectivity index (χ3v) is 4.17. The van der Waals surface area contributed by atoms with Crippen LogP contribution in [0.5, 0.6) is 0 Å². The van der Waals surface area contributed by atoms with E-state index in [2.05, 4.69) is 34.1 Å². The fourth-order valence-corrected chi connectivity index (χ4v) is 2.83. The first-order valence-corrected chi connectivity index (χ1v) is 9.42. The lowest BCUT2D eigenvalue weighted by atomic mass is 10.2. The maximum absolute atomic E-state index is 12.6. The average Bonchev–Trinajstić information content (AvgIpc) is 2.94. The van der Waals surface area contributed by atoms with Crippen LogP contribution in [0.25, 0.3) is 5.82 Å². The van der Waals surface area contributed by atoms with Gasteiger partial charge in [-0.25, -0.2) is 14.5 Å². The lowest BCUT2D eigenvalue weighted by Gasteiger charge is -2.26. The van der Waals surface area contributed by atoms with Crippen molar-refractivity contribution in [1.82, 2.24) is 29.9 Å². The van der Waals surface area contributed by atoms with Crippen LogP contribution in [0.15, 0.2) is 24.4 Å². The molecule has 0 saturated carbocycles. The number of carbonyl (C=O) groups is 1. The van der Waals surface area contributed by atoms with Gasteiger partial charge in [0, 0.05) is 38.1 Å². The Hall–Kier alpha value is -2.41. The van der Waals surface area contributed by atoms with E-state index in [-0.39, 0.29) is 6.03 Å². The number of hydrogen-bond donors (Lipinski definition) is 1. The smallest absolute Gasteiger partial charge is 0.317 e. The van der Waals surface area contributed by atoms with Crippen molar-refractivity contribution in [1.29, 1.82) is 0 Å². The van der Waals surface area contributed by atoms with Crippen LogP contribution < -0.4 is 5.32 Å². The summed E-state index contributed by atoms with van der Waals surface area (Å²) >= 11 is 0. The molecule has 2 amide bonds. The van der Waals surface area contributed by atoms with E-state index in [9.17, 15) is 4.79 Å². The normalized spacial score (nSPS) is 11.3. The van der Waals surface area contributed by atoms with Crippen molar-refractivity contribution in [3.63, 3.8) is 0 Å². The number of urea groups is 1. The number of aromatic nitrogens is 3. The minimum atomic E-state index is -0.0341. The number of nitrogens with one attached hydrogen (secondary N) is 1. The molecule has 0 aromatic carbocycles. The summed E-state index contributed by atoms with van der Waals surface area (Å²) in [5.74, 6) is 1.21. The average molecular weight is 373 g/mol. The number of carbonyl (C=O) groups excluding carboxylic acids is 1. The van der Waals surface area contributed by atoms with E-state index in [1.54, 1.807) is 6.20 Å². The summed E-state index contributed by atoms with van der Waals surface area (Å²) in [5, 5.41) is 7.45. The maximum atomic E-state index is 12.6. The van der Waals surface area contributed by atoms with Gasteiger partial charge >= 0.3 is 6.03 Å². The van der Waals surface area contributed by atoms with Crippen LogP contribution in [-0.2, 0) is 6.54 Å². The lowest BCUT2D eigenvalue weighted by Crippen LogP contribution is -2.44. The third kappa shape index (κ3) is 6.36. The van der Waals surface area contributed by atoms with E-state index in [0.717, 1.165) is 35.9 Å². The van der Waals surface area contributed by atoms with Crippen LogP contribution in [0.4, 0.5) is 4.79 Å². The molecule has 2 aromatic heterocycles. The van der Waals surface area contributed by atoms with E-state index in [4.69, 9.17) is 0 Å². The largest absolute Gasteiger partial charge is 0.334 e. The molecule has 0 aliphatic carbocycles. The standard InChI is InChI=1S/C20H32N6O/c1-15(2)14-25(10-9-24(5)6)20(27)22-13-18-7-8-19(21-12-18)26-17(4)11-16(3)23-26/h7-8,11-12,15H,9-10,13-14H2,1-6H3,(H,22,27). The zero-order chi connectivity index (χ0) is 20.0. The van der Waals surface area contributed by atoms with Crippen molar-refractivity contribution in [2.24, 2.45) is 5.92 Å². The molecule has 27 heavy (non-hydrogen) atoms. The second-order valence-electron chi connectivity index (χ2n) is 7.67. The molecule has 2 heterocycles. The molecule has 0 aliphatic rings. The topological polar surface area (TPSA) is 66.3 Å². The highest BCUT2D eigenvalue weighted by Gasteiger charge is 2.15. The van der Waals surface area contributed by atoms with Crippen molar-refractivity contribution in [3.05, 3.63) is 41.3 Å². The molecule has 0 bridgehead atoms. The zero-order valence-electron chi connectivity index (χ0n) is 17.4. The summed E-state index contributed by atoms with van der Waals surface area (Å²) < 4.78 is 1.82. The molecule has 7 heteroatoms. The number of amides is 2. The number of pyridine rings is 1. The van der Waals surface area contributed by atoms with Gasteiger partial charge in [-0.2, -0.15) is 5.10 Å². The van der Waals surface area contributed by atoms with E-state index >= 15 is 0 Å². The summed E-state index contributed by atoms with van der Waals surface area (Å²) in [6.07, 6.45) is 1.79. The Bertz CT molecular complexity index is 735. The number of likely N-dealkylation sites (N-methyl/N-ethyl adjacent to an activating group) is 1. The highest BCUT2D eigenvalue weighted by atomic mass is 16.2. The Morgan fingerprint density at radius 2 is 1.96 bits per heavy atom. The lowest BCUT2D eigenvalue weighted by molar-refractivity contribution is 0.184. The Kier molecular flexibility index (Phi) is 7.36. The van der Waals surface area contributed by atoms with Crippen molar-refractivity contribution in [2.45, 2.75) is 34.2 Å². The number of hydrogen-bond acceptors (Lipinski definition) is 4. The molecule has 0 radical (unpaired) electrons. The molecule has 0 fully saturated rings. The number of nitrogens with zero attached hydrogens (tertiary/aromatic N) is 5. The monoisotopic (exact) mass is 372 g/mol. The Balaban J connectivity index is 1.95. The van der Waals surface area contributed by atoms with Gasteiger partial charge in [-0.1, -0.05) is 19.9 Å². The van der Waals surface area contributed by atoms with E-state index in [0.29, 0.717) is 19.0 Å². The molecule has 1 N–H and O–H groups in total.